The van der Waals surface area contributed by atoms with Crippen LogP contribution in [0.3, 0.4) is 0 Å². The molecule has 1 aliphatic heterocycles. The first kappa shape index (κ1) is 11.4. The molecule has 6 nitrogen and oxygen atoms in total. The average molecular weight is 235 g/mol. The highest BCUT2D eigenvalue weighted by molar-refractivity contribution is 5.96. The van der Waals surface area contributed by atoms with Gasteiger partial charge in [0.15, 0.2) is 0 Å². The van der Waals surface area contributed by atoms with Crippen LogP contribution < -0.4 is 10.9 Å². The van der Waals surface area contributed by atoms with Crippen molar-refractivity contribution in [1.82, 2.24) is 14.8 Å². The molecular weight excluding hydrogens is 222 g/mol. The van der Waals surface area contributed by atoms with E-state index in [0.29, 0.717) is 12.1 Å². The van der Waals surface area contributed by atoms with Crippen LogP contribution >= 0.6 is 0 Å². The maximum Gasteiger partial charge on any atom is 0.324 e. The molecule has 6 heteroatoms. The predicted molar refractivity (Wildman–Crippen MR) is 60.2 cm³/mol. The summed E-state index contributed by atoms with van der Waals surface area (Å²) in [5.41, 5.74) is 0.414. The van der Waals surface area contributed by atoms with Crippen molar-refractivity contribution < 1.29 is 9.59 Å². The van der Waals surface area contributed by atoms with E-state index >= 15 is 0 Å². The molecule has 1 aromatic rings. The predicted octanol–water partition coefficient (Wildman–Crippen LogP) is -0.173. The number of hydrogen-bond donors (Lipinski definition) is 1. The Morgan fingerprint density at radius 1 is 1.35 bits per heavy atom. The van der Waals surface area contributed by atoms with E-state index in [1.807, 2.05) is 0 Å². The van der Waals surface area contributed by atoms with Gasteiger partial charge in [-0.25, -0.2) is 4.79 Å². The lowest BCUT2D eigenvalue weighted by Crippen LogP contribution is -2.49. The molecule has 0 unspecified atom stereocenters. The zero-order valence-electron chi connectivity index (χ0n) is 9.47. The Morgan fingerprint density at radius 3 is 2.82 bits per heavy atom. The van der Waals surface area contributed by atoms with Crippen LogP contribution in [0.15, 0.2) is 23.1 Å². The summed E-state index contributed by atoms with van der Waals surface area (Å²) < 4.78 is 1.46. The molecule has 3 amide bonds. The van der Waals surface area contributed by atoms with Gasteiger partial charge < -0.3 is 9.47 Å². The Morgan fingerprint density at radius 2 is 2.12 bits per heavy atom. The van der Waals surface area contributed by atoms with Gasteiger partial charge in [0, 0.05) is 31.8 Å². The maximum atomic E-state index is 11.8. The van der Waals surface area contributed by atoms with Gasteiger partial charge in [-0.3, -0.25) is 14.9 Å². The minimum atomic E-state index is -0.438. The minimum absolute atomic E-state index is 0.128. The minimum Gasteiger partial charge on any atom is -0.319 e. The summed E-state index contributed by atoms with van der Waals surface area (Å²) in [6.07, 6.45) is 1.94. The van der Waals surface area contributed by atoms with Gasteiger partial charge in [-0.15, -0.1) is 0 Å². The maximum absolute atomic E-state index is 11.8. The van der Waals surface area contributed by atoms with Crippen LogP contribution in [0.1, 0.15) is 12.0 Å². The van der Waals surface area contributed by atoms with Gasteiger partial charge >= 0.3 is 6.03 Å². The lowest BCUT2D eigenvalue weighted by molar-refractivity contribution is -0.121. The summed E-state index contributed by atoms with van der Waals surface area (Å²) in [6, 6.07) is 3.00. The molecule has 0 bridgehead atoms. The fourth-order valence-corrected chi connectivity index (χ4v) is 1.73. The largest absolute Gasteiger partial charge is 0.324 e. The van der Waals surface area contributed by atoms with Crippen LogP contribution in [0.5, 0.6) is 0 Å². The molecule has 1 aliphatic rings. The molecule has 0 spiro atoms. The molecule has 1 saturated heterocycles. The fourth-order valence-electron chi connectivity index (χ4n) is 1.73. The van der Waals surface area contributed by atoms with Gasteiger partial charge in [-0.05, 0) is 6.07 Å². The van der Waals surface area contributed by atoms with Gasteiger partial charge in [0.05, 0.1) is 6.54 Å². The summed E-state index contributed by atoms with van der Waals surface area (Å²) >= 11 is 0. The van der Waals surface area contributed by atoms with Gasteiger partial charge in [-0.1, -0.05) is 6.07 Å². The molecule has 2 rings (SSSR count). The monoisotopic (exact) mass is 235 g/mol. The Hall–Kier alpha value is -2.11. The lowest BCUT2D eigenvalue weighted by atomic mass is 10.2. The van der Waals surface area contributed by atoms with E-state index in [-0.39, 0.29) is 24.4 Å². The van der Waals surface area contributed by atoms with E-state index in [4.69, 9.17) is 0 Å². The molecular formula is C11H13N3O3. The second kappa shape index (κ2) is 4.40. The normalized spacial score (nSPS) is 15.9. The number of carbonyl (C=O) groups is 2. The van der Waals surface area contributed by atoms with E-state index in [1.54, 1.807) is 25.4 Å². The second-order valence-electron chi connectivity index (χ2n) is 3.97. The first-order valence-corrected chi connectivity index (χ1v) is 5.31. The zero-order chi connectivity index (χ0) is 12.4. The lowest BCUT2D eigenvalue weighted by Gasteiger charge is -2.26. The quantitative estimate of drug-likeness (QED) is 0.773. The van der Waals surface area contributed by atoms with Gasteiger partial charge in [0.2, 0.25) is 5.91 Å². The number of amides is 3. The smallest absolute Gasteiger partial charge is 0.319 e. The topological polar surface area (TPSA) is 71.4 Å². The van der Waals surface area contributed by atoms with Crippen molar-refractivity contribution in [3.8, 4) is 0 Å². The van der Waals surface area contributed by atoms with Crippen molar-refractivity contribution in [2.75, 3.05) is 6.54 Å². The number of carbonyl (C=O) groups excluding carboxylic acids is 2. The molecule has 0 aromatic carbocycles. The molecule has 2 heterocycles. The van der Waals surface area contributed by atoms with E-state index < -0.39 is 6.03 Å². The second-order valence-corrected chi connectivity index (χ2v) is 3.97. The highest BCUT2D eigenvalue weighted by Gasteiger charge is 2.23. The number of hydrogen-bond acceptors (Lipinski definition) is 3. The Kier molecular flexibility index (Phi) is 2.95. The number of pyridine rings is 1. The zero-order valence-corrected chi connectivity index (χ0v) is 9.47. The van der Waals surface area contributed by atoms with Crippen LogP contribution in [-0.4, -0.2) is 28.0 Å². The number of aromatic nitrogens is 1. The Bertz CT molecular complexity index is 521. The molecule has 0 radical (unpaired) electrons. The number of aryl methyl sites for hydroxylation is 1. The third kappa shape index (κ3) is 2.35. The number of nitrogens with one attached hydrogen (secondary N) is 1. The third-order valence-electron chi connectivity index (χ3n) is 2.71. The summed E-state index contributed by atoms with van der Waals surface area (Å²) in [5, 5.41) is 2.22. The van der Waals surface area contributed by atoms with Gasteiger partial charge in [-0.2, -0.15) is 0 Å². The standard InChI is InChI=1S/C11H13N3O3/c1-13-5-2-3-8(10(13)16)7-14-6-4-9(15)12-11(14)17/h2-3,5H,4,6-7H2,1H3,(H,12,15,17). The summed E-state index contributed by atoms with van der Waals surface area (Å²) in [5.74, 6) is -0.271. The molecule has 0 saturated carbocycles. The fraction of sp³-hybridized carbons (Fsp3) is 0.364. The average Bonchev–Trinajstić information content (AvgIpc) is 2.28. The van der Waals surface area contributed by atoms with Gasteiger partial charge in [0.25, 0.3) is 5.56 Å². The first-order chi connectivity index (χ1) is 8.08. The van der Waals surface area contributed by atoms with Crippen LogP contribution in [0.2, 0.25) is 0 Å². The summed E-state index contributed by atoms with van der Waals surface area (Å²) in [6.45, 7) is 0.579. The van der Waals surface area contributed by atoms with Crippen molar-refractivity contribution in [3.05, 3.63) is 34.2 Å². The van der Waals surface area contributed by atoms with Crippen LogP contribution in [-0.2, 0) is 18.4 Å². The summed E-state index contributed by atoms with van der Waals surface area (Å²) in [7, 11) is 1.66. The number of nitrogens with zero attached hydrogens (tertiary/aromatic N) is 2. The Balaban J connectivity index is 2.16. The van der Waals surface area contributed by atoms with Crippen LogP contribution in [0, 0.1) is 0 Å². The first-order valence-electron chi connectivity index (χ1n) is 5.31. The van der Waals surface area contributed by atoms with E-state index in [0.717, 1.165) is 0 Å². The van der Waals surface area contributed by atoms with Crippen molar-refractivity contribution in [3.63, 3.8) is 0 Å². The molecule has 1 N–H and O–H groups in total. The highest BCUT2D eigenvalue weighted by Crippen LogP contribution is 2.05. The van der Waals surface area contributed by atoms with E-state index in [9.17, 15) is 14.4 Å². The molecule has 1 aromatic heterocycles. The molecule has 0 atom stereocenters. The molecule has 17 heavy (non-hydrogen) atoms. The molecule has 90 valence electrons. The molecule has 1 fully saturated rings. The molecule has 0 aliphatic carbocycles. The number of rotatable bonds is 2. The van der Waals surface area contributed by atoms with Gasteiger partial charge in [0.1, 0.15) is 0 Å². The SMILES string of the molecule is Cn1cccc(CN2CCC(=O)NC2=O)c1=O. The number of urea groups is 1. The number of imide groups is 1. The van der Waals surface area contributed by atoms with Crippen LogP contribution in [0.4, 0.5) is 4.79 Å². The Labute approximate surface area is 97.8 Å². The third-order valence-corrected chi connectivity index (χ3v) is 2.71. The van der Waals surface area contributed by atoms with Crippen molar-refractivity contribution in [2.45, 2.75) is 13.0 Å². The van der Waals surface area contributed by atoms with Crippen LogP contribution in [0.25, 0.3) is 0 Å². The summed E-state index contributed by atoms with van der Waals surface area (Å²) in [4.78, 5) is 35.7. The van der Waals surface area contributed by atoms with Crippen molar-refractivity contribution in [1.29, 1.82) is 0 Å². The van der Waals surface area contributed by atoms with Crippen molar-refractivity contribution in [2.24, 2.45) is 7.05 Å². The van der Waals surface area contributed by atoms with E-state index in [2.05, 4.69) is 5.32 Å². The van der Waals surface area contributed by atoms with Crippen molar-refractivity contribution >= 4 is 11.9 Å². The van der Waals surface area contributed by atoms with E-state index in [1.165, 1.54) is 9.47 Å². The highest BCUT2D eigenvalue weighted by atomic mass is 16.2.